The van der Waals surface area contributed by atoms with Crippen molar-refractivity contribution < 1.29 is 9.50 Å². The number of benzene rings is 1. The second-order valence-corrected chi connectivity index (χ2v) is 5.68. The fraction of sp³-hybridized carbons (Fsp3) is 0.353. The molecule has 2 nitrogen and oxygen atoms in total. The second-order valence-electron chi connectivity index (χ2n) is 5.68. The minimum Gasteiger partial charge on any atom is -0.386 e. The van der Waals surface area contributed by atoms with Gasteiger partial charge < -0.3 is 5.11 Å². The highest BCUT2D eigenvalue weighted by atomic mass is 19.1. The topological polar surface area (TPSA) is 33.1 Å². The first-order valence-corrected chi connectivity index (χ1v) is 7.03. The molecule has 0 radical (unpaired) electrons. The van der Waals surface area contributed by atoms with Gasteiger partial charge in [-0.05, 0) is 49.1 Å². The molecule has 0 amide bonds. The highest BCUT2D eigenvalue weighted by molar-refractivity contribution is 5.21. The summed E-state index contributed by atoms with van der Waals surface area (Å²) in [7, 11) is 0. The molecule has 20 heavy (non-hydrogen) atoms. The highest BCUT2D eigenvalue weighted by Gasteiger charge is 2.44. The molecule has 1 heterocycles. The Bertz CT molecular complexity index is 581. The van der Waals surface area contributed by atoms with Gasteiger partial charge in [-0.25, -0.2) is 4.39 Å². The number of aliphatic hydroxyl groups excluding tert-OH is 1. The summed E-state index contributed by atoms with van der Waals surface area (Å²) in [6.07, 6.45) is 4.85. The van der Waals surface area contributed by atoms with Gasteiger partial charge in [0.2, 0.25) is 0 Å². The van der Waals surface area contributed by atoms with Crippen LogP contribution < -0.4 is 0 Å². The number of hydrogen-bond donors (Lipinski definition) is 1. The van der Waals surface area contributed by atoms with Gasteiger partial charge in [-0.2, -0.15) is 0 Å². The van der Waals surface area contributed by atoms with Crippen LogP contribution >= 0.6 is 0 Å². The van der Waals surface area contributed by atoms with Crippen LogP contribution in [0.2, 0.25) is 0 Å². The van der Waals surface area contributed by atoms with E-state index < -0.39 is 6.10 Å². The molecule has 1 aliphatic rings. The zero-order valence-electron chi connectivity index (χ0n) is 11.3. The molecule has 0 bridgehead atoms. The van der Waals surface area contributed by atoms with E-state index in [0.29, 0.717) is 12.1 Å². The number of nitrogens with zero attached hydrogens (tertiary/aromatic N) is 1. The van der Waals surface area contributed by atoms with Gasteiger partial charge in [0.25, 0.3) is 0 Å². The molecule has 1 aromatic carbocycles. The number of aliphatic hydroxyl groups is 1. The van der Waals surface area contributed by atoms with Crippen LogP contribution in [0.25, 0.3) is 0 Å². The summed E-state index contributed by atoms with van der Waals surface area (Å²) >= 11 is 0. The van der Waals surface area contributed by atoms with Crippen LogP contribution in [0.5, 0.6) is 0 Å². The summed E-state index contributed by atoms with van der Waals surface area (Å²) in [5.74, 6) is -0.218. The zero-order valence-corrected chi connectivity index (χ0v) is 11.3. The maximum absolute atomic E-state index is 13.3. The predicted molar refractivity (Wildman–Crippen MR) is 75.6 cm³/mol. The van der Waals surface area contributed by atoms with E-state index in [1.54, 1.807) is 18.3 Å². The molecule has 0 aliphatic heterocycles. The third-order valence-corrected chi connectivity index (χ3v) is 4.34. The normalized spacial score (nSPS) is 18.3. The van der Waals surface area contributed by atoms with Crippen LogP contribution in [0.4, 0.5) is 4.39 Å². The first-order valence-electron chi connectivity index (χ1n) is 7.03. The Morgan fingerprint density at radius 2 is 2.05 bits per heavy atom. The molecule has 1 aliphatic carbocycles. The van der Waals surface area contributed by atoms with Gasteiger partial charge in [0.1, 0.15) is 11.9 Å². The summed E-state index contributed by atoms with van der Waals surface area (Å²) in [4.78, 5) is 4.26. The van der Waals surface area contributed by atoms with Gasteiger partial charge in [0.05, 0.1) is 5.69 Å². The van der Waals surface area contributed by atoms with E-state index in [4.69, 9.17) is 0 Å². The molecular formula is C17H18FNO. The summed E-state index contributed by atoms with van der Waals surface area (Å²) in [6, 6.07) is 12.3. The molecule has 1 aromatic heterocycles. The lowest BCUT2D eigenvalue weighted by molar-refractivity contribution is -0.0394. The van der Waals surface area contributed by atoms with Crippen molar-refractivity contribution in [1.82, 2.24) is 4.98 Å². The molecule has 2 aromatic rings. The van der Waals surface area contributed by atoms with Gasteiger partial charge in [-0.15, -0.1) is 0 Å². The Morgan fingerprint density at radius 1 is 1.20 bits per heavy atom. The van der Waals surface area contributed by atoms with Crippen molar-refractivity contribution in [2.24, 2.45) is 5.41 Å². The summed E-state index contributed by atoms with van der Waals surface area (Å²) < 4.78 is 13.3. The minimum absolute atomic E-state index is 0.192. The summed E-state index contributed by atoms with van der Waals surface area (Å²) in [6.45, 7) is 0. The van der Waals surface area contributed by atoms with E-state index in [0.717, 1.165) is 24.8 Å². The smallest absolute Gasteiger partial charge is 0.123 e. The molecule has 1 saturated carbocycles. The van der Waals surface area contributed by atoms with Crippen LogP contribution in [0.15, 0.2) is 48.7 Å². The van der Waals surface area contributed by atoms with Gasteiger partial charge >= 0.3 is 0 Å². The van der Waals surface area contributed by atoms with E-state index in [9.17, 15) is 9.50 Å². The van der Waals surface area contributed by atoms with Crippen molar-refractivity contribution in [2.75, 3.05) is 0 Å². The SMILES string of the molecule is OC(c1ccccn1)C1(Cc2cccc(F)c2)CCC1. The fourth-order valence-electron chi connectivity index (χ4n) is 3.08. The van der Waals surface area contributed by atoms with Gasteiger partial charge in [0, 0.05) is 11.6 Å². The van der Waals surface area contributed by atoms with Crippen molar-refractivity contribution in [3.8, 4) is 0 Å². The molecule has 0 spiro atoms. The molecule has 104 valence electrons. The lowest BCUT2D eigenvalue weighted by Crippen LogP contribution is -2.38. The standard InChI is InChI=1S/C17H18FNO/c18-14-6-3-5-13(11-14)12-17(8-4-9-17)16(20)15-7-1-2-10-19-15/h1-3,5-7,10-11,16,20H,4,8-9,12H2. The van der Waals surface area contributed by atoms with E-state index in [-0.39, 0.29) is 11.2 Å². The quantitative estimate of drug-likeness (QED) is 0.920. The third kappa shape index (κ3) is 2.46. The Labute approximate surface area is 118 Å². The van der Waals surface area contributed by atoms with Crippen LogP contribution in [0.1, 0.15) is 36.6 Å². The maximum Gasteiger partial charge on any atom is 0.123 e. The molecule has 3 heteroatoms. The summed E-state index contributed by atoms with van der Waals surface area (Å²) in [5, 5.41) is 10.7. The second kappa shape index (κ2) is 5.33. The number of pyridine rings is 1. The van der Waals surface area contributed by atoms with Crippen molar-refractivity contribution in [3.63, 3.8) is 0 Å². The van der Waals surface area contributed by atoms with Crippen LogP contribution in [-0.4, -0.2) is 10.1 Å². The molecule has 1 unspecified atom stereocenters. The minimum atomic E-state index is -0.583. The number of hydrogen-bond acceptors (Lipinski definition) is 2. The zero-order chi connectivity index (χ0) is 14.0. The molecular weight excluding hydrogens is 253 g/mol. The monoisotopic (exact) mass is 271 g/mol. The molecule has 3 rings (SSSR count). The lowest BCUT2D eigenvalue weighted by atomic mass is 9.61. The van der Waals surface area contributed by atoms with Crippen molar-refractivity contribution in [1.29, 1.82) is 0 Å². The van der Waals surface area contributed by atoms with E-state index >= 15 is 0 Å². The third-order valence-electron chi connectivity index (χ3n) is 4.34. The van der Waals surface area contributed by atoms with Gasteiger partial charge in [-0.1, -0.05) is 24.6 Å². The van der Waals surface area contributed by atoms with E-state index in [1.807, 2.05) is 24.3 Å². The first-order chi connectivity index (χ1) is 9.70. The van der Waals surface area contributed by atoms with Crippen molar-refractivity contribution in [2.45, 2.75) is 31.8 Å². The Kier molecular flexibility index (Phi) is 3.53. The number of aromatic nitrogens is 1. The largest absolute Gasteiger partial charge is 0.386 e. The Balaban J connectivity index is 1.84. The summed E-state index contributed by atoms with van der Waals surface area (Å²) in [5.41, 5.74) is 1.46. The van der Waals surface area contributed by atoms with Crippen LogP contribution in [0, 0.1) is 11.2 Å². The average Bonchev–Trinajstić information content (AvgIpc) is 2.43. The first kappa shape index (κ1) is 13.3. The lowest BCUT2D eigenvalue weighted by Gasteiger charge is -2.45. The van der Waals surface area contributed by atoms with Gasteiger partial charge in [0.15, 0.2) is 0 Å². The highest BCUT2D eigenvalue weighted by Crippen LogP contribution is 2.52. The molecule has 0 saturated heterocycles. The Hall–Kier alpha value is -1.74. The van der Waals surface area contributed by atoms with Crippen LogP contribution in [-0.2, 0) is 6.42 Å². The number of rotatable bonds is 4. The molecule has 1 fully saturated rings. The number of halogens is 1. The van der Waals surface area contributed by atoms with E-state index in [1.165, 1.54) is 6.07 Å². The van der Waals surface area contributed by atoms with Crippen molar-refractivity contribution in [3.05, 3.63) is 65.7 Å². The van der Waals surface area contributed by atoms with E-state index in [2.05, 4.69) is 4.98 Å². The van der Waals surface area contributed by atoms with Crippen molar-refractivity contribution >= 4 is 0 Å². The van der Waals surface area contributed by atoms with Crippen LogP contribution in [0.3, 0.4) is 0 Å². The predicted octanol–water partition coefficient (Wildman–Crippen LogP) is 3.67. The Morgan fingerprint density at radius 3 is 2.65 bits per heavy atom. The maximum atomic E-state index is 13.3. The fourth-order valence-corrected chi connectivity index (χ4v) is 3.08. The average molecular weight is 271 g/mol. The molecule has 1 atom stereocenters. The van der Waals surface area contributed by atoms with Gasteiger partial charge in [-0.3, -0.25) is 4.98 Å². The molecule has 1 N–H and O–H groups in total.